The summed E-state index contributed by atoms with van der Waals surface area (Å²) in [4.78, 5) is 37.2. The molecule has 0 aliphatic rings. The molecule has 0 radical (unpaired) electrons. The van der Waals surface area contributed by atoms with Crippen molar-refractivity contribution in [3.05, 3.63) is 97.2 Å². The van der Waals surface area contributed by atoms with Crippen LogP contribution in [0.15, 0.2) is 97.2 Å². The molecule has 2 unspecified atom stereocenters. The Bertz CT molecular complexity index is 1370. The second-order valence-corrected chi connectivity index (χ2v) is 17.4. The van der Waals surface area contributed by atoms with Gasteiger partial charge in [-0.2, -0.15) is 0 Å². The van der Waals surface area contributed by atoms with Crippen LogP contribution < -0.4 is 0 Å². The number of carbonyl (C=O) groups excluding carboxylic acids is 2. The van der Waals surface area contributed by atoms with Crippen LogP contribution in [0.25, 0.3) is 0 Å². The van der Waals surface area contributed by atoms with Crippen LogP contribution in [0.4, 0.5) is 0 Å². The SMILES string of the molecule is CC/C=C\C/C=C\C/C=C\C/C=C\C/C=C\C/C=C\C/C=C\CCCCCCCC(=O)OC(COC(=O)CCCCCCC/C=C\CCCCC)COC(OCC[N+](C)(C)C)C(=O)O. The molecule has 2 atom stereocenters. The third-order valence-electron chi connectivity index (χ3n) is 10.1. The van der Waals surface area contributed by atoms with Crippen LogP contribution in [0.5, 0.6) is 0 Å². The van der Waals surface area contributed by atoms with Crippen LogP contribution in [0, 0.1) is 0 Å². The van der Waals surface area contributed by atoms with E-state index in [0.717, 1.165) is 116 Å². The van der Waals surface area contributed by atoms with Crippen molar-refractivity contribution in [3.63, 3.8) is 0 Å². The summed E-state index contributed by atoms with van der Waals surface area (Å²) < 4.78 is 22.7. The predicted molar refractivity (Wildman–Crippen MR) is 267 cm³/mol. The van der Waals surface area contributed by atoms with Gasteiger partial charge in [0.05, 0.1) is 34.4 Å². The fourth-order valence-electron chi connectivity index (χ4n) is 6.22. The number of allylic oxidation sites excluding steroid dienone is 16. The molecule has 0 aromatic rings. The van der Waals surface area contributed by atoms with Crippen LogP contribution in [-0.4, -0.2) is 87.4 Å². The summed E-state index contributed by atoms with van der Waals surface area (Å²) in [7, 11) is 5.94. The zero-order valence-corrected chi connectivity index (χ0v) is 41.2. The van der Waals surface area contributed by atoms with Gasteiger partial charge in [-0.25, -0.2) is 4.79 Å². The van der Waals surface area contributed by atoms with E-state index >= 15 is 0 Å². The van der Waals surface area contributed by atoms with Crippen molar-refractivity contribution in [1.82, 2.24) is 0 Å². The monoisotopic (exact) mass is 895 g/mol. The van der Waals surface area contributed by atoms with Gasteiger partial charge in [0.2, 0.25) is 0 Å². The number of aliphatic carboxylic acids is 1. The van der Waals surface area contributed by atoms with Crippen LogP contribution in [0.1, 0.15) is 174 Å². The van der Waals surface area contributed by atoms with E-state index < -0.39 is 24.3 Å². The molecule has 0 saturated heterocycles. The van der Waals surface area contributed by atoms with Crippen LogP contribution in [-0.2, 0) is 33.3 Å². The molecule has 0 aromatic carbocycles. The number of rotatable bonds is 44. The second-order valence-electron chi connectivity index (χ2n) is 17.4. The van der Waals surface area contributed by atoms with Crippen LogP contribution in [0.2, 0.25) is 0 Å². The molecule has 0 amide bonds. The van der Waals surface area contributed by atoms with E-state index in [1.54, 1.807) is 0 Å². The van der Waals surface area contributed by atoms with Gasteiger partial charge >= 0.3 is 17.9 Å². The molecule has 9 nitrogen and oxygen atoms in total. The number of carbonyl (C=O) groups is 3. The number of unbranched alkanes of at least 4 members (excludes halogenated alkanes) is 13. The number of nitrogens with zero attached hydrogens (tertiary/aromatic N) is 1. The molecular formula is C55H92NO8+. The Labute approximate surface area is 391 Å². The molecule has 364 valence electrons. The summed E-state index contributed by atoms with van der Waals surface area (Å²) in [5.41, 5.74) is 0. The van der Waals surface area contributed by atoms with Gasteiger partial charge < -0.3 is 28.5 Å². The summed E-state index contributed by atoms with van der Waals surface area (Å²) >= 11 is 0. The topological polar surface area (TPSA) is 108 Å². The van der Waals surface area contributed by atoms with Crippen LogP contribution in [0.3, 0.4) is 0 Å². The van der Waals surface area contributed by atoms with Crippen LogP contribution >= 0.6 is 0 Å². The fourth-order valence-corrected chi connectivity index (χ4v) is 6.22. The van der Waals surface area contributed by atoms with Gasteiger partial charge in [-0.3, -0.25) is 9.59 Å². The number of carboxylic acids is 1. The summed E-state index contributed by atoms with van der Waals surface area (Å²) in [6.07, 6.45) is 57.6. The molecule has 0 saturated carbocycles. The molecule has 0 bridgehead atoms. The largest absolute Gasteiger partial charge is 0.477 e. The highest BCUT2D eigenvalue weighted by Gasteiger charge is 2.25. The molecule has 0 rings (SSSR count). The van der Waals surface area contributed by atoms with E-state index in [1.165, 1.54) is 25.7 Å². The number of ether oxygens (including phenoxy) is 4. The molecule has 0 aromatic heterocycles. The third-order valence-corrected chi connectivity index (χ3v) is 10.1. The lowest BCUT2D eigenvalue weighted by molar-refractivity contribution is -0.870. The maximum absolute atomic E-state index is 12.8. The Kier molecular flexibility index (Phi) is 43.1. The molecule has 0 aliphatic carbocycles. The number of carboxylic acid groups (broad SMARTS) is 1. The Balaban J connectivity index is 4.39. The first-order chi connectivity index (χ1) is 31.1. The maximum atomic E-state index is 12.8. The summed E-state index contributed by atoms with van der Waals surface area (Å²) in [5, 5.41) is 9.65. The van der Waals surface area contributed by atoms with Crippen molar-refractivity contribution < 1.29 is 42.9 Å². The quantitative estimate of drug-likeness (QED) is 0.0212. The minimum Gasteiger partial charge on any atom is -0.477 e. The Morgan fingerprint density at radius 3 is 1.34 bits per heavy atom. The first kappa shape index (κ1) is 60.2. The van der Waals surface area contributed by atoms with Crippen molar-refractivity contribution in [3.8, 4) is 0 Å². The highest BCUT2D eigenvalue weighted by atomic mass is 16.7. The highest BCUT2D eigenvalue weighted by molar-refractivity contribution is 5.71. The summed E-state index contributed by atoms with van der Waals surface area (Å²) in [6.45, 7) is 4.67. The zero-order chi connectivity index (χ0) is 47.0. The first-order valence-electron chi connectivity index (χ1n) is 24.9. The smallest absolute Gasteiger partial charge is 0.361 e. The van der Waals surface area contributed by atoms with Crippen molar-refractivity contribution in [2.75, 3.05) is 47.5 Å². The minimum absolute atomic E-state index is 0.177. The normalized spacial score (nSPS) is 13.7. The lowest BCUT2D eigenvalue weighted by Gasteiger charge is -2.25. The van der Waals surface area contributed by atoms with E-state index in [4.69, 9.17) is 18.9 Å². The van der Waals surface area contributed by atoms with Crippen molar-refractivity contribution in [1.29, 1.82) is 0 Å². The Hall–Kier alpha value is -3.79. The molecule has 0 aliphatic heterocycles. The van der Waals surface area contributed by atoms with Gasteiger partial charge in [-0.1, -0.05) is 162 Å². The standard InChI is InChI=1S/C55H91NO8/c1-6-8-10-12-14-16-18-20-21-22-23-24-25-26-27-28-29-30-31-32-33-34-36-38-40-42-44-46-53(58)64-51(50-63-55(54(59)60)61-48-47-56(3,4)5)49-62-52(57)45-43-41-39-37-35-19-17-15-13-11-9-7-2/h8,10,14-17,20-21,23-24,26-27,29-30,32-33,51,55H,6-7,9,11-13,18-19,22,25,28,31,34-50H2,1-5H3/p+1/b10-8-,16-14-,17-15-,21-20-,24-23-,27-26-,30-29-,33-32-. The second kappa shape index (κ2) is 45.8. The van der Waals surface area contributed by atoms with E-state index in [1.807, 2.05) is 21.1 Å². The Morgan fingerprint density at radius 2 is 0.891 bits per heavy atom. The van der Waals surface area contributed by atoms with E-state index in [9.17, 15) is 19.5 Å². The highest BCUT2D eigenvalue weighted by Crippen LogP contribution is 2.12. The average Bonchev–Trinajstić information content (AvgIpc) is 3.26. The van der Waals surface area contributed by atoms with Gasteiger partial charge in [0.25, 0.3) is 6.29 Å². The predicted octanol–water partition coefficient (Wildman–Crippen LogP) is 13.8. The third kappa shape index (κ3) is 46.2. The lowest BCUT2D eigenvalue weighted by Crippen LogP contribution is -2.40. The van der Waals surface area contributed by atoms with Gasteiger partial charge in [0.15, 0.2) is 6.10 Å². The molecular weight excluding hydrogens is 803 g/mol. The fraction of sp³-hybridized carbons (Fsp3) is 0.655. The molecule has 0 heterocycles. The summed E-state index contributed by atoms with van der Waals surface area (Å²) in [5.74, 6) is -2.06. The van der Waals surface area contributed by atoms with Crippen molar-refractivity contribution >= 4 is 17.9 Å². The van der Waals surface area contributed by atoms with Crippen molar-refractivity contribution in [2.24, 2.45) is 0 Å². The summed E-state index contributed by atoms with van der Waals surface area (Å²) in [6, 6.07) is 0. The van der Waals surface area contributed by atoms with Gasteiger partial charge in [-0.15, -0.1) is 0 Å². The number of esters is 2. The maximum Gasteiger partial charge on any atom is 0.361 e. The number of likely N-dealkylation sites (N-methyl/N-ethyl adjacent to an activating group) is 1. The molecule has 1 N–H and O–H groups in total. The molecule has 0 spiro atoms. The number of hydrogen-bond donors (Lipinski definition) is 1. The number of quaternary nitrogens is 1. The minimum atomic E-state index is -1.52. The zero-order valence-electron chi connectivity index (χ0n) is 41.2. The molecule has 0 fully saturated rings. The lowest BCUT2D eigenvalue weighted by atomic mass is 10.1. The Morgan fingerprint density at radius 1 is 0.484 bits per heavy atom. The number of hydrogen-bond acceptors (Lipinski definition) is 7. The van der Waals surface area contributed by atoms with Gasteiger partial charge in [-0.05, 0) is 96.3 Å². The molecule has 9 heteroatoms. The van der Waals surface area contributed by atoms with E-state index in [0.29, 0.717) is 17.4 Å². The van der Waals surface area contributed by atoms with Gasteiger partial charge in [0, 0.05) is 12.8 Å². The van der Waals surface area contributed by atoms with Crippen molar-refractivity contribution in [2.45, 2.75) is 187 Å². The first-order valence-corrected chi connectivity index (χ1v) is 24.9. The van der Waals surface area contributed by atoms with E-state index in [-0.39, 0.29) is 38.6 Å². The average molecular weight is 895 g/mol. The van der Waals surface area contributed by atoms with E-state index in [2.05, 4.69) is 111 Å². The van der Waals surface area contributed by atoms with Gasteiger partial charge in [0.1, 0.15) is 13.2 Å². The molecule has 64 heavy (non-hydrogen) atoms.